The number of piperidine rings is 1. The summed E-state index contributed by atoms with van der Waals surface area (Å²) < 4.78 is 0. The first-order valence-electron chi connectivity index (χ1n) is 8.98. The van der Waals surface area contributed by atoms with Gasteiger partial charge in [-0.15, -0.1) is 0 Å². The molecule has 5 heteroatoms. The minimum atomic E-state index is 0.0702. The van der Waals surface area contributed by atoms with E-state index in [4.69, 9.17) is 5.73 Å². The van der Waals surface area contributed by atoms with E-state index in [1.807, 2.05) is 34.1 Å². The Kier molecular flexibility index (Phi) is 5.19. The van der Waals surface area contributed by atoms with E-state index >= 15 is 0 Å². The van der Waals surface area contributed by atoms with Gasteiger partial charge in [-0.05, 0) is 42.9 Å². The van der Waals surface area contributed by atoms with Crippen molar-refractivity contribution in [3.05, 3.63) is 35.4 Å². The van der Waals surface area contributed by atoms with Gasteiger partial charge in [0.2, 0.25) is 5.91 Å². The van der Waals surface area contributed by atoms with E-state index in [9.17, 15) is 9.59 Å². The van der Waals surface area contributed by atoms with E-state index in [-0.39, 0.29) is 17.9 Å². The third-order valence-electron chi connectivity index (χ3n) is 5.36. The highest BCUT2D eigenvalue weighted by molar-refractivity contribution is 5.94. The molecule has 2 aliphatic rings. The molecular weight excluding hydrogens is 302 g/mol. The van der Waals surface area contributed by atoms with Gasteiger partial charge >= 0.3 is 0 Å². The molecule has 0 radical (unpaired) electrons. The second-order valence-electron chi connectivity index (χ2n) is 7.04. The minimum Gasteiger partial charge on any atom is -0.338 e. The van der Waals surface area contributed by atoms with Crippen LogP contribution in [-0.4, -0.2) is 47.3 Å². The monoisotopic (exact) mass is 329 g/mol. The number of amides is 2. The van der Waals surface area contributed by atoms with Crippen molar-refractivity contribution < 1.29 is 9.59 Å². The first-order chi connectivity index (χ1) is 11.6. The van der Waals surface area contributed by atoms with Crippen LogP contribution in [0.15, 0.2) is 24.3 Å². The van der Waals surface area contributed by atoms with Crippen molar-refractivity contribution in [3.63, 3.8) is 0 Å². The zero-order valence-electron chi connectivity index (χ0n) is 14.4. The predicted molar refractivity (Wildman–Crippen MR) is 93.4 cm³/mol. The van der Waals surface area contributed by atoms with Crippen LogP contribution < -0.4 is 5.73 Å². The molecule has 2 fully saturated rings. The third-order valence-corrected chi connectivity index (χ3v) is 5.36. The molecule has 1 aromatic rings. The van der Waals surface area contributed by atoms with E-state index < -0.39 is 0 Å². The van der Waals surface area contributed by atoms with Crippen molar-refractivity contribution in [2.75, 3.05) is 19.6 Å². The molecule has 0 spiro atoms. The predicted octanol–water partition coefficient (Wildman–Crippen LogP) is 2.01. The summed E-state index contributed by atoms with van der Waals surface area (Å²) in [6.45, 7) is 4.95. The molecule has 0 aliphatic carbocycles. The summed E-state index contributed by atoms with van der Waals surface area (Å²) in [5, 5.41) is 0. The molecule has 2 saturated heterocycles. The number of hydrogen-bond acceptors (Lipinski definition) is 3. The summed E-state index contributed by atoms with van der Waals surface area (Å²) in [4.78, 5) is 28.4. The van der Waals surface area contributed by atoms with Crippen LogP contribution >= 0.6 is 0 Å². The second kappa shape index (κ2) is 7.34. The summed E-state index contributed by atoms with van der Waals surface area (Å²) in [5.41, 5.74) is 7.68. The van der Waals surface area contributed by atoms with Crippen LogP contribution in [0.4, 0.5) is 0 Å². The Labute approximate surface area is 143 Å². The van der Waals surface area contributed by atoms with Crippen molar-refractivity contribution in [1.82, 2.24) is 9.80 Å². The van der Waals surface area contributed by atoms with Crippen LogP contribution in [0.3, 0.4) is 0 Å². The lowest BCUT2D eigenvalue weighted by atomic mass is 9.90. The highest BCUT2D eigenvalue weighted by atomic mass is 16.2. The third kappa shape index (κ3) is 3.46. The Hall–Kier alpha value is -1.88. The summed E-state index contributed by atoms with van der Waals surface area (Å²) in [7, 11) is 0. The Morgan fingerprint density at radius 3 is 2.58 bits per heavy atom. The lowest BCUT2D eigenvalue weighted by molar-refractivity contribution is -0.128. The summed E-state index contributed by atoms with van der Waals surface area (Å²) in [6.07, 6.45) is 3.78. The number of likely N-dealkylation sites (tertiary alicyclic amines) is 2. The average Bonchev–Trinajstić information content (AvgIpc) is 2.99. The van der Waals surface area contributed by atoms with Gasteiger partial charge in [-0.25, -0.2) is 0 Å². The van der Waals surface area contributed by atoms with Gasteiger partial charge in [0, 0.05) is 44.2 Å². The van der Waals surface area contributed by atoms with Gasteiger partial charge in [-0.3, -0.25) is 9.59 Å². The Balaban J connectivity index is 1.68. The lowest BCUT2D eigenvalue weighted by Gasteiger charge is -2.39. The van der Waals surface area contributed by atoms with E-state index in [1.165, 1.54) is 0 Å². The molecule has 0 bridgehead atoms. The molecule has 1 aromatic carbocycles. The first-order valence-corrected chi connectivity index (χ1v) is 8.98. The van der Waals surface area contributed by atoms with Gasteiger partial charge in [-0.2, -0.15) is 0 Å². The molecule has 5 nitrogen and oxygen atoms in total. The first kappa shape index (κ1) is 17.0. The lowest BCUT2D eigenvalue weighted by Crippen LogP contribution is -2.51. The molecule has 2 N–H and O–H groups in total. The molecule has 2 atom stereocenters. The fraction of sp³-hybridized carbons (Fsp3) is 0.579. The molecule has 0 saturated carbocycles. The van der Waals surface area contributed by atoms with Crippen LogP contribution in [0.5, 0.6) is 0 Å². The second-order valence-corrected chi connectivity index (χ2v) is 7.04. The maximum absolute atomic E-state index is 12.8. The van der Waals surface area contributed by atoms with E-state index in [1.54, 1.807) is 0 Å². The van der Waals surface area contributed by atoms with Gasteiger partial charge < -0.3 is 15.5 Å². The van der Waals surface area contributed by atoms with Crippen LogP contribution in [0, 0.1) is 5.92 Å². The van der Waals surface area contributed by atoms with Gasteiger partial charge in [-0.1, -0.05) is 19.1 Å². The van der Waals surface area contributed by atoms with Gasteiger partial charge in [0.25, 0.3) is 5.91 Å². The Morgan fingerprint density at radius 2 is 1.96 bits per heavy atom. The maximum atomic E-state index is 12.8. The molecule has 0 unspecified atom stereocenters. The molecule has 2 aliphatic heterocycles. The van der Waals surface area contributed by atoms with Crippen molar-refractivity contribution in [3.8, 4) is 0 Å². The number of nitrogens with two attached hydrogens (primary N) is 1. The molecule has 130 valence electrons. The molecule has 2 heterocycles. The largest absolute Gasteiger partial charge is 0.338 e. The van der Waals surface area contributed by atoms with Crippen LogP contribution in [0.25, 0.3) is 0 Å². The minimum absolute atomic E-state index is 0.0702. The number of carbonyl (C=O) groups excluding carboxylic acids is 2. The number of hydrogen-bond donors (Lipinski definition) is 1. The maximum Gasteiger partial charge on any atom is 0.254 e. The Morgan fingerprint density at radius 1 is 1.21 bits per heavy atom. The summed E-state index contributed by atoms with van der Waals surface area (Å²) in [5.74, 6) is 0.747. The number of rotatable bonds is 4. The molecular formula is C19H27N3O2. The van der Waals surface area contributed by atoms with Crippen molar-refractivity contribution in [2.45, 2.75) is 45.2 Å². The highest BCUT2D eigenvalue weighted by Crippen LogP contribution is 2.24. The topological polar surface area (TPSA) is 66.6 Å². The SMILES string of the molecule is C[C@@H]1CCCN(C(=O)c2ccc(CN3CCCC3=O)cc2)[C@@H]1CN. The normalized spacial score (nSPS) is 24.5. The number of nitrogens with zero attached hydrogens (tertiary/aromatic N) is 2. The molecule has 0 aromatic heterocycles. The van der Waals surface area contributed by atoms with Crippen molar-refractivity contribution in [2.24, 2.45) is 11.7 Å². The number of benzene rings is 1. The van der Waals surface area contributed by atoms with Crippen molar-refractivity contribution in [1.29, 1.82) is 0 Å². The van der Waals surface area contributed by atoms with E-state index in [0.717, 1.165) is 37.9 Å². The number of carbonyl (C=O) groups is 2. The van der Waals surface area contributed by atoms with Crippen LogP contribution in [-0.2, 0) is 11.3 Å². The molecule has 2 amide bonds. The fourth-order valence-corrected chi connectivity index (χ4v) is 3.87. The quantitative estimate of drug-likeness (QED) is 0.919. The summed E-state index contributed by atoms with van der Waals surface area (Å²) in [6, 6.07) is 7.82. The Bertz CT molecular complexity index is 599. The van der Waals surface area contributed by atoms with Crippen LogP contribution in [0.1, 0.15) is 48.5 Å². The van der Waals surface area contributed by atoms with E-state index in [0.29, 0.717) is 31.0 Å². The van der Waals surface area contributed by atoms with E-state index in [2.05, 4.69) is 6.92 Å². The van der Waals surface area contributed by atoms with Crippen molar-refractivity contribution >= 4 is 11.8 Å². The molecule has 24 heavy (non-hydrogen) atoms. The smallest absolute Gasteiger partial charge is 0.254 e. The zero-order chi connectivity index (χ0) is 17.1. The summed E-state index contributed by atoms with van der Waals surface area (Å²) >= 11 is 0. The van der Waals surface area contributed by atoms with Crippen LogP contribution in [0.2, 0.25) is 0 Å². The highest BCUT2D eigenvalue weighted by Gasteiger charge is 2.31. The average molecular weight is 329 g/mol. The fourth-order valence-electron chi connectivity index (χ4n) is 3.87. The zero-order valence-corrected chi connectivity index (χ0v) is 14.4. The molecule has 3 rings (SSSR count). The standard InChI is InChI=1S/C19H27N3O2/c1-14-4-2-11-22(17(14)12-20)19(24)16-8-6-15(7-9-16)13-21-10-3-5-18(21)23/h6-9,14,17H,2-5,10-13,20H2,1H3/t14-,17-/m1/s1. The van der Waals surface area contributed by atoms with Gasteiger partial charge in [0.05, 0.1) is 0 Å². The van der Waals surface area contributed by atoms with Gasteiger partial charge in [0.15, 0.2) is 0 Å². The van der Waals surface area contributed by atoms with Gasteiger partial charge in [0.1, 0.15) is 0 Å².